The highest BCUT2D eigenvalue weighted by Crippen LogP contribution is 2.32. The number of carbonyl (C=O) groups excluding carboxylic acids is 1. The SMILES string of the molecule is CCCC1[C@H](C(=O)O)N1C(C)=O. The molecule has 1 fully saturated rings. The predicted octanol–water partition coefficient (Wildman–Crippen LogP) is 0.470. The van der Waals surface area contributed by atoms with Crippen molar-refractivity contribution >= 4 is 11.9 Å². The van der Waals surface area contributed by atoms with Gasteiger partial charge in [-0.3, -0.25) is 4.79 Å². The fourth-order valence-corrected chi connectivity index (χ4v) is 1.59. The fraction of sp³-hybridized carbons (Fsp3) is 0.750. The minimum atomic E-state index is -0.886. The van der Waals surface area contributed by atoms with Crippen molar-refractivity contribution in [2.75, 3.05) is 0 Å². The van der Waals surface area contributed by atoms with Crippen molar-refractivity contribution in [2.45, 2.75) is 38.8 Å². The maximum absolute atomic E-state index is 10.9. The molecule has 4 heteroatoms. The van der Waals surface area contributed by atoms with E-state index in [1.165, 1.54) is 11.8 Å². The van der Waals surface area contributed by atoms with Crippen molar-refractivity contribution in [3.63, 3.8) is 0 Å². The van der Waals surface area contributed by atoms with Gasteiger partial charge in [-0.1, -0.05) is 13.3 Å². The predicted molar refractivity (Wildman–Crippen MR) is 42.6 cm³/mol. The monoisotopic (exact) mass is 171 g/mol. The summed E-state index contributed by atoms with van der Waals surface area (Å²) in [6.07, 6.45) is 1.70. The minimum Gasteiger partial charge on any atom is -0.480 e. The van der Waals surface area contributed by atoms with Crippen LogP contribution in [0.25, 0.3) is 0 Å². The van der Waals surface area contributed by atoms with Crippen LogP contribution < -0.4 is 0 Å². The third kappa shape index (κ3) is 1.42. The molecular weight excluding hydrogens is 158 g/mol. The van der Waals surface area contributed by atoms with Gasteiger partial charge >= 0.3 is 5.97 Å². The lowest BCUT2D eigenvalue weighted by atomic mass is 10.2. The van der Waals surface area contributed by atoms with Crippen LogP contribution in [0.5, 0.6) is 0 Å². The van der Waals surface area contributed by atoms with E-state index in [0.717, 1.165) is 12.8 Å². The average Bonchev–Trinajstić information content (AvgIpc) is 2.63. The van der Waals surface area contributed by atoms with Gasteiger partial charge in [0.25, 0.3) is 0 Å². The lowest BCUT2D eigenvalue weighted by molar-refractivity contribution is -0.139. The molecule has 1 aliphatic rings. The van der Waals surface area contributed by atoms with E-state index in [0.29, 0.717) is 0 Å². The molecule has 0 aromatic rings. The summed E-state index contributed by atoms with van der Waals surface area (Å²) in [6.45, 7) is 3.39. The number of rotatable bonds is 3. The van der Waals surface area contributed by atoms with Crippen LogP contribution in [0.1, 0.15) is 26.7 Å². The summed E-state index contributed by atoms with van der Waals surface area (Å²) in [4.78, 5) is 22.9. The molecule has 0 saturated carbocycles. The Morgan fingerprint density at radius 2 is 2.08 bits per heavy atom. The maximum Gasteiger partial charge on any atom is 0.328 e. The quantitative estimate of drug-likeness (QED) is 0.628. The van der Waals surface area contributed by atoms with Crippen LogP contribution in [0.2, 0.25) is 0 Å². The van der Waals surface area contributed by atoms with Gasteiger partial charge in [-0.2, -0.15) is 0 Å². The van der Waals surface area contributed by atoms with Crippen LogP contribution in [0.15, 0.2) is 0 Å². The van der Waals surface area contributed by atoms with E-state index in [1.807, 2.05) is 6.92 Å². The summed E-state index contributed by atoms with van der Waals surface area (Å²) in [6, 6.07) is -0.604. The Balaban J connectivity index is 2.55. The van der Waals surface area contributed by atoms with E-state index in [-0.39, 0.29) is 11.9 Å². The summed E-state index contributed by atoms with van der Waals surface area (Å²) >= 11 is 0. The van der Waals surface area contributed by atoms with Crippen LogP contribution >= 0.6 is 0 Å². The van der Waals surface area contributed by atoms with Gasteiger partial charge in [-0.05, 0) is 6.42 Å². The molecule has 0 aromatic heterocycles. The van der Waals surface area contributed by atoms with Gasteiger partial charge < -0.3 is 10.0 Å². The molecule has 0 aliphatic carbocycles. The number of carbonyl (C=O) groups is 2. The highest BCUT2D eigenvalue weighted by molar-refractivity contribution is 5.88. The van der Waals surface area contributed by atoms with Crippen molar-refractivity contribution in [1.82, 2.24) is 4.90 Å². The lowest BCUT2D eigenvalue weighted by Crippen LogP contribution is -2.15. The highest BCUT2D eigenvalue weighted by atomic mass is 16.4. The largest absolute Gasteiger partial charge is 0.480 e. The zero-order chi connectivity index (χ0) is 9.30. The first kappa shape index (κ1) is 9.03. The van der Waals surface area contributed by atoms with Gasteiger partial charge in [0.1, 0.15) is 6.04 Å². The summed E-state index contributed by atoms with van der Waals surface area (Å²) in [5.41, 5.74) is 0. The Hall–Kier alpha value is -1.06. The van der Waals surface area contributed by atoms with Crippen molar-refractivity contribution in [3.05, 3.63) is 0 Å². The molecule has 0 radical (unpaired) electrons. The van der Waals surface area contributed by atoms with Crippen LogP contribution in [0.4, 0.5) is 0 Å². The number of nitrogens with zero attached hydrogens (tertiary/aromatic N) is 1. The number of amides is 1. The molecule has 1 N–H and O–H groups in total. The van der Waals surface area contributed by atoms with E-state index in [4.69, 9.17) is 5.11 Å². The topological polar surface area (TPSA) is 57.4 Å². The molecular formula is C8H13NO3. The van der Waals surface area contributed by atoms with Crippen molar-refractivity contribution in [1.29, 1.82) is 0 Å². The second kappa shape index (κ2) is 3.13. The molecule has 1 rings (SSSR count). The standard InChI is InChI=1S/C8H13NO3/c1-3-4-6-7(8(11)12)9(6)5(2)10/h6-7H,3-4H2,1-2H3,(H,11,12)/t6?,7-,9?/m1/s1. The zero-order valence-electron chi connectivity index (χ0n) is 7.28. The minimum absolute atomic E-state index is 0.0509. The normalized spacial score (nSPS) is 27.0. The summed E-state index contributed by atoms with van der Waals surface area (Å²) in [5.74, 6) is -1.02. The summed E-state index contributed by atoms with van der Waals surface area (Å²) in [7, 11) is 0. The molecule has 0 spiro atoms. The van der Waals surface area contributed by atoms with Gasteiger partial charge in [0.2, 0.25) is 5.91 Å². The molecule has 1 heterocycles. The van der Waals surface area contributed by atoms with Crippen LogP contribution in [-0.2, 0) is 9.59 Å². The second-order valence-electron chi connectivity index (χ2n) is 3.07. The second-order valence-corrected chi connectivity index (χ2v) is 3.07. The number of hydrogen-bond donors (Lipinski definition) is 1. The Morgan fingerprint density at radius 1 is 1.50 bits per heavy atom. The smallest absolute Gasteiger partial charge is 0.328 e. The van der Waals surface area contributed by atoms with Gasteiger partial charge in [0.05, 0.1) is 6.04 Å². The van der Waals surface area contributed by atoms with Crippen molar-refractivity contribution < 1.29 is 14.7 Å². The van der Waals surface area contributed by atoms with Crippen LogP contribution in [-0.4, -0.2) is 34.0 Å². The molecule has 2 atom stereocenters. The molecule has 0 aromatic carbocycles. The van der Waals surface area contributed by atoms with Gasteiger partial charge in [0, 0.05) is 6.92 Å². The number of carboxylic acids is 1. The Bertz CT molecular complexity index is 194. The molecule has 1 amide bonds. The average molecular weight is 171 g/mol. The van der Waals surface area contributed by atoms with Gasteiger partial charge in [-0.15, -0.1) is 0 Å². The summed E-state index contributed by atoms with van der Waals surface area (Å²) in [5, 5.41) is 8.68. The van der Waals surface area contributed by atoms with E-state index in [1.54, 1.807) is 0 Å². The van der Waals surface area contributed by atoms with Gasteiger partial charge in [0.15, 0.2) is 0 Å². The lowest BCUT2D eigenvalue weighted by Gasteiger charge is -1.95. The molecule has 1 saturated heterocycles. The molecule has 1 aliphatic heterocycles. The molecule has 4 nitrogen and oxygen atoms in total. The maximum atomic E-state index is 10.9. The van der Waals surface area contributed by atoms with E-state index in [2.05, 4.69) is 0 Å². The highest BCUT2D eigenvalue weighted by Gasteiger charge is 2.53. The Kier molecular flexibility index (Phi) is 2.35. The molecule has 0 bridgehead atoms. The third-order valence-corrected chi connectivity index (χ3v) is 2.13. The van der Waals surface area contributed by atoms with Crippen molar-refractivity contribution in [2.24, 2.45) is 0 Å². The van der Waals surface area contributed by atoms with E-state index in [9.17, 15) is 9.59 Å². The van der Waals surface area contributed by atoms with E-state index < -0.39 is 12.0 Å². The molecule has 1 unspecified atom stereocenters. The molecule has 68 valence electrons. The third-order valence-electron chi connectivity index (χ3n) is 2.13. The Labute approximate surface area is 71.2 Å². The fourth-order valence-electron chi connectivity index (χ4n) is 1.59. The van der Waals surface area contributed by atoms with Gasteiger partial charge in [-0.25, -0.2) is 4.79 Å². The Morgan fingerprint density at radius 3 is 2.33 bits per heavy atom. The number of aliphatic carboxylic acids is 1. The van der Waals surface area contributed by atoms with Crippen LogP contribution in [0, 0.1) is 0 Å². The first-order valence-corrected chi connectivity index (χ1v) is 4.11. The first-order chi connectivity index (χ1) is 5.59. The molecule has 12 heavy (non-hydrogen) atoms. The summed E-state index contributed by atoms with van der Waals surface area (Å²) < 4.78 is 0. The van der Waals surface area contributed by atoms with Crippen molar-refractivity contribution in [3.8, 4) is 0 Å². The first-order valence-electron chi connectivity index (χ1n) is 4.11. The number of carboxylic acid groups (broad SMARTS) is 1. The van der Waals surface area contributed by atoms with E-state index >= 15 is 0 Å². The van der Waals surface area contributed by atoms with Crippen LogP contribution in [0.3, 0.4) is 0 Å². The zero-order valence-corrected chi connectivity index (χ0v) is 7.28. The number of hydrogen-bond acceptors (Lipinski definition) is 2.